The molecular formula is C43H46N3O10PS. The minimum Gasteiger partial charge on any atom is -0.497 e. The van der Waals surface area contributed by atoms with Gasteiger partial charge >= 0.3 is 5.69 Å². The van der Waals surface area contributed by atoms with Crippen molar-refractivity contribution in [3.8, 4) is 11.5 Å². The lowest BCUT2D eigenvalue weighted by Crippen LogP contribution is -2.39. The van der Waals surface area contributed by atoms with Gasteiger partial charge in [-0.3, -0.25) is 13.9 Å². The van der Waals surface area contributed by atoms with E-state index < -0.39 is 59.8 Å². The van der Waals surface area contributed by atoms with E-state index in [0.717, 1.165) is 34.1 Å². The van der Waals surface area contributed by atoms with Gasteiger partial charge in [0.1, 0.15) is 29.4 Å². The summed E-state index contributed by atoms with van der Waals surface area (Å²) in [5.74, 6) is 1.20. The Hall–Kier alpha value is -4.66. The van der Waals surface area contributed by atoms with E-state index in [1.165, 1.54) is 23.9 Å². The number of hydrogen-bond donors (Lipinski definition) is 0. The lowest BCUT2D eigenvalue weighted by atomic mass is 9.80. The summed E-state index contributed by atoms with van der Waals surface area (Å²) in [7, 11) is -0.684. The fraction of sp³-hybridized carbons (Fsp3) is 0.349. The van der Waals surface area contributed by atoms with Crippen LogP contribution >= 0.6 is 8.53 Å². The Bertz CT molecular complexity index is 2370. The smallest absolute Gasteiger partial charge is 0.332 e. The van der Waals surface area contributed by atoms with E-state index in [0.29, 0.717) is 18.0 Å². The minimum atomic E-state index is -3.64. The van der Waals surface area contributed by atoms with Gasteiger partial charge in [-0.05, 0) is 65.9 Å². The molecule has 0 N–H and O–H groups in total. The number of sulfone groups is 1. The van der Waals surface area contributed by atoms with Crippen molar-refractivity contribution >= 4 is 18.4 Å². The number of nitrogens with zero attached hydrogens (tertiary/aromatic N) is 3. The van der Waals surface area contributed by atoms with Crippen LogP contribution < -0.4 is 20.7 Å². The Kier molecular flexibility index (Phi) is 11.7. The second kappa shape index (κ2) is 16.9. The van der Waals surface area contributed by atoms with Gasteiger partial charge in [0.05, 0.1) is 43.7 Å². The number of ether oxygens (including phenoxy) is 4. The molecule has 3 aliphatic rings. The fourth-order valence-electron chi connectivity index (χ4n) is 8.11. The molecule has 0 saturated carbocycles. The first-order chi connectivity index (χ1) is 28.1. The van der Waals surface area contributed by atoms with Crippen LogP contribution in [0, 0.1) is 0 Å². The van der Waals surface area contributed by atoms with Crippen LogP contribution in [0.5, 0.6) is 11.5 Å². The lowest BCUT2D eigenvalue weighted by Gasteiger charge is -2.37. The molecule has 1 aromatic heterocycles. The lowest BCUT2D eigenvalue weighted by molar-refractivity contribution is -0.0921. The highest BCUT2D eigenvalue weighted by atomic mass is 32.2. The number of rotatable bonds is 14. The summed E-state index contributed by atoms with van der Waals surface area (Å²) in [5.41, 5.74) is 0.400. The SMILES string of the molecule is COc1ccc(C(OC[C@H]2O[C@@H](n3ccc(=O)n(C)c3=O)C[C@@H]2O[P@@]2O[C@H](CS(=O)(=O)c3ccccc3)[C@@H]3CCCN32)(c2ccccc2)c2ccc(OC)cc2)cc1. The molecule has 0 radical (unpaired) electrons. The molecule has 304 valence electrons. The second-order valence-electron chi connectivity index (χ2n) is 14.6. The maximum Gasteiger partial charge on any atom is 0.332 e. The molecule has 0 spiro atoms. The second-order valence-corrected chi connectivity index (χ2v) is 18.0. The largest absolute Gasteiger partial charge is 0.497 e. The van der Waals surface area contributed by atoms with Gasteiger partial charge in [0.15, 0.2) is 9.84 Å². The molecule has 4 aromatic carbocycles. The Labute approximate surface area is 338 Å². The summed E-state index contributed by atoms with van der Waals surface area (Å²) >= 11 is 0. The van der Waals surface area contributed by atoms with Crippen molar-refractivity contribution in [3.05, 3.63) is 159 Å². The van der Waals surface area contributed by atoms with Gasteiger partial charge in [0, 0.05) is 38.3 Å². The third-order valence-electron chi connectivity index (χ3n) is 11.2. The van der Waals surface area contributed by atoms with E-state index in [1.807, 2.05) is 78.9 Å². The highest BCUT2D eigenvalue weighted by Crippen LogP contribution is 2.58. The molecule has 8 rings (SSSR count). The van der Waals surface area contributed by atoms with Gasteiger partial charge in [-0.2, -0.15) is 0 Å². The average Bonchev–Trinajstić information content (AvgIpc) is 3.98. The van der Waals surface area contributed by atoms with Crippen molar-refractivity contribution in [2.24, 2.45) is 7.05 Å². The van der Waals surface area contributed by atoms with Crippen LogP contribution in [0.1, 0.15) is 42.2 Å². The molecule has 3 saturated heterocycles. The first-order valence-corrected chi connectivity index (χ1v) is 22.0. The Morgan fingerprint density at radius 3 is 2.02 bits per heavy atom. The van der Waals surface area contributed by atoms with E-state index >= 15 is 0 Å². The van der Waals surface area contributed by atoms with Crippen molar-refractivity contribution in [2.45, 2.75) is 60.3 Å². The van der Waals surface area contributed by atoms with E-state index in [1.54, 1.807) is 44.6 Å². The predicted molar refractivity (Wildman–Crippen MR) is 218 cm³/mol. The molecular weight excluding hydrogens is 782 g/mol. The van der Waals surface area contributed by atoms with Crippen molar-refractivity contribution in [3.63, 3.8) is 0 Å². The Morgan fingerprint density at radius 2 is 1.40 bits per heavy atom. The maximum atomic E-state index is 13.5. The predicted octanol–water partition coefficient (Wildman–Crippen LogP) is 5.81. The van der Waals surface area contributed by atoms with Gasteiger partial charge in [0.25, 0.3) is 14.1 Å². The summed E-state index contributed by atoms with van der Waals surface area (Å²) in [4.78, 5) is 26.0. The topological polar surface area (TPSA) is 137 Å². The normalized spacial score (nSPS) is 23.5. The monoisotopic (exact) mass is 827 g/mol. The number of fused-ring (bicyclic) bond motifs is 1. The molecule has 58 heavy (non-hydrogen) atoms. The Balaban J connectivity index is 1.14. The molecule has 0 bridgehead atoms. The highest BCUT2D eigenvalue weighted by molar-refractivity contribution is 7.91. The first-order valence-electron chi connectivity index (χ1n) is 19.2. The zero-order valence-corrected chi connectivity index (χ0v) is 34.2. The van der Waals surface area contributed by atoms with Crippen LogP contribution in [0.25, 0.3) is 0 Å². The van der Waals surface area contributed by atoms with Gasteiger partial charge in [-0.1, -0.05) is 72.8 Å². The van der Waals surface area contributed by atoms with Crippen LogP contribution in [0.2, 0.25) is 0 Å². The average molecular weight is 828 g/mol. The zero-order valence-electron chi connectivity index (χ0n) is 32.5. The minimum absolute atomic E-state index is 0.00699. The quantitative estimate of drug-likeness (QED) is 0.0992. The van der Waals surface area contributed by atoms with Gasteiger partial charge in [-0.25, -0.2) is 17.9 Å². The number of hydrogen-bond acceptors (Lipinski definition) is 11. The van der Waals surface area contributed by atoms with E-state index in [-0.39, 0.29) is 29.7 Å². The number of benzene rings is 4. The third kappa shape index (κ3) is 7.78. The van der Waals surface area contributed by atoms with Crippen LogP contribution in [0.4, 0.5) is 0 Å². The van der Waals surface area contributed by atoms with E-state index in [2.05, 4.69) is 4.67 Å². The molecule has 5 aromatic rings. The van der Waals surface area contributed by atoms with Crippen LogP contribution in [0.15, 0.2) is 136 Å². The molecule has 4 heterocycles. The highest BCUT2D eigenvalue weighted by Gasteiger charge is 2.51. The zero-order chi connectivity index (χ0) is 40.4. The summed E-state index contributed by atoms with van der Waals surface area (Å²) in [5, 5.41) is 0. The van der Waals surface area contributed by atoms with Crippen molar-refractivity contribution in [1.82, 2.24) is 13.8 Å². The molecule has 3 fully saturated rings. The fourth-order valence-corrected chi connectivity index (χ4v) is 11.7. The Morgan fingerprint density at radius 1 is 0.793 bits per heavy atom. The summed E-state index contributed by atoms with van der Waals surface area (Å²) in [6.45, 7) is 0.704. The van der Waals surface area contributed by atoms with Crippen molar-refractivity contribution in [2.75, 3.05) is 33.1 Å². The van der Waals surface area contributed by atoms with E-state index in [4.69, 9.17) is 28.0 Å². The molecule has 15 heteroatoms. The maximum absolute atomic E-state index is 13.5. The van der Waals surface area contributed by atoms with Crippen molar-refractivity contribution < 1.29 is 36.4 Å². The van der Waals surface area contributed by atoms with Gasteiger partial charge in [0.2, 0.25) is 0 Å². The number of methoxy groups -OCH3 is 2. The molecule has 0 unspecified atom stereocenters. The molecule has 3 aliphatic heterocycles. The third-order valence-corrected chi connectivity index (χ3v) is 14.8. The number of aromatic nitrogens is 2. The van der Waals surface area contributed by atoms with Crippen LogP contribution in [0.3, 0.4) is 0 Å². The molecule has 0 aliphatic carbocycles. The summed E-state index contributed by atoms with van der Waals surface area (Å²) in [6, 6.07) is 35.0. The standard InChI is InChI=1S/C43H46N3O10PS/c1-44-40(47)24-26-45(42(44)48)41-27-37(55-57-46-25-10-15-36(46)39(56-57)29-58(49,50)35-13-8-5-9-14-35)38(54-41)28-53-43(30-11-6-4-7-12-30,31-16-20-33(51-2)21-17-31)32-18-22-34(52-3)23-19-32/h4-9,11-14,16-24,26,36-39,41H,10,15,25,27-29H2,1-3H3/t36-,37-,38+,39+,41+,57-/m0/s1. The summed E-state index contributed by atoms with van der Waals surface area (Å²) < 4.78 is 70.0. The molecule has 6 atom stereocenters. The van der Waals surface area contributed by atoms with Gasteiger partial charge in [-0.15, -0.1) is 0 Å². The summed E-state index contributed by atoms with van der Waals surface area (Å²) in [6.07, 6.45) is 0.579. The van der Waals surface area contributed by atoms with Crippen LogP contribution in [-0.4, -0.2) is 79.7 Å². The first kappa shape index (κ1) is 40.1. The van der Waals surface area contributed by atoms with E-state index in [9.17, 15) is 18.0 Å². The van der Waals surface area contributed by atoms with Crippen LogP contribution in [-0.2, 0) is 41.0 Å². The molecule has 13 nitrogen and oxygen atoms in total. The van der Waals surface area contributed by atoms with Gasteiger partial charge < -0.3 is 28.0 Å². The molecule has 0 amide bonds. The van der Waals surface area contributed by atoms with Crippen molar-refractivity contribution in [1.29, 1.82) is 0 Å².